The van der Waals surface area contributed by atoms with E-state index in [1.54, 1.807) is 0 Å². The van der Waals surface area contributed by atoms with Crippen molar-refractivity contribution in [3.05, 3.63) is 17.7 Å². The molecule has 1 aromatic rings. The van der Waals surface area contributed by atoms with E-state index in [1.165, 1.54) is 37.1 Å². The van der Waals surface area contributed by atoms with Gasteiger partial charge >= 0.3 is 0 Å². The zero-order valence-corrected chi connectivity index (χ0v) is 8.45. The lowest BCUT2D eigenvalue weighted by Gasteiger charge is -2.04. The van der Waals surface area contributed by atoms with Crippen LogP contribution in [0.4, 0.5) is 0 Å². The van der Waals surface area contributed by atoms with Crippen LogP contribution in [-0.2, 0) is 6.42 Å². The van der Waals surface area contributed by atoms with Crippen LogP contribution in [0.25, 0.3) is 0 Å². The molecule has 1 saturated carbocycles. The first kappa shape index (κ1) is 8.48. The van der Waals surface area contributed by atoms with Crippen LogP contribution < -0.4 is 5.73 Å². The molecule has 1 unspecified atom stereocenters. The molecule has 3 heteroatoms. The molecular weight excluding hydrogens is 174 g/mol. The molecule has 0 bridgehead atoms. The van der Waals surface area contributed by atoms with E-state index in [4.69, 9.17) is 5.73 Å². The average Bonchev–Trinajstić information content (AvgIpc) is 2.81. The third-order valence-electron chi connectivity index (χ3n) is 3.50. The highest BCUT2D eigenvalue weighted by Crippen LogP contribution is 2.41. The summed E-state index contributed by atoms with van der Waals surface area (Å²) in [6.45, 7) is 0.792. The Bertz CT molecular complexity index is 338. The zero-order chi connectivity index (χ0) is 9.54. The van der Waals surface area contributed by atoms with E-state index in [9.17, 15) is 0 Å². The normalized spacial score (nSPS) is 25.4. The SMILES string of the molecule is NCCC1CCc2c1ncn2C1CC1. The molecule has 0 radical (unpaired) electrons. The van der Waals surface area contributed by atoms with Crippen LogP contribution in [0.1, 0.15) is 49.0 Å². The first-order chi connectivity index (χ1) is 6.90. The van der Waals surface area contributed by atoms with Gasteiger partial charge in [-0.05, 0) is 38.6 Å². The molecule has 0 saturated heterocycles. The van der Waals surface area contributed by atoms with Gasteiger partial charge in [-0.2, -0.15) is 0 Å². The topological polar surface area (TPSA) is 43.8 Å². The second kappa shape index (κ2) is 3.09. The fourth-order valence-corrected chi connectivity index (χ4v) is 2.60. The van der Waals surface area contributed by atoms with Gasteiger partial charge in [0.05, 0.1) is 12.0 Å². The van der Waals surface area contributed by atoms with Crippen LogP contribution in [0.5, 0.6) is 0 Å². The average molecular weight is 191 g/mol. The molecule has 14 heavy (non-hydrogen) atoms. The van der Waals surface area contributed by atoms with Gasteiger partial charge < -0.3 is 10.3 Å². The molecule has 2 aliphatic rings. The number of aromatic nitrogens is 2. The summed E-state index contributed by atoms with van der Waals surface area (Å²) in [5.74, 6) is 0.648. The first-order valence-corrected chi connectivity index (χ1v) is 5.66. The van der Waals surface area contributed by atoms with Crippen LogP contribution in [-0.4, -0.2) is 16.1 Å². The van der Waals surface area contributed by atoms with Gasteiger partial charge in [0.25, 0.3) is 0 Å². The number of rotatable bonds is 3. The van der Waals surface area contributed by atoms with Gasteiger partial charge in [0.2, 0.25) is 0 Å². The third kappa shape index (κ3) is 1.19. The molecule has 0 aromatic carbocycles. The predicted octanol–water partition coefficient (Wildman–Crippen LogP) is 1.60. The van der Waals surface area contributed by atoms with Gasteiger partial charge in [-0.1, -0.05) is 0 Å². The van der Waals surface area contributed by atoms with Crippen molar-refractivity contribution in [3.8, 4) is 0 Å². The first-order valence-electron chi connectivity index (χ1n) is 5.66. The summed E-state index contributed by atoms with van der Waals surface area (Å²) in [6.07, 6.45) is 8.34. The van der Waals surface area contributed by atoms with Gasteiger partial charge in [0.1, 0.15) is 0 Å². The smallest absolute Gasteiger partial charge is 0.0954 e. The number of nitrogens with two attached hydrogens (primary N) is 1. The van der Waals surface area contributed by atoms with E-state index in [0.29, 0.717) is 5.92 Å². The van der Waals surface area contributed by atoms with Gasteiger partial charge in [0, 0.05) is 17.7 Å². The van der Waals surface area contributed by atoms with Gasteiger partial charge in [-0.25, -0.2) is 4.98 Å². The van der Waals surface area contributed by atoms with E-state index >= 15 is 0 Å². The Morgan fingerprint density at radius 3 is 3.00 bits per heavy atom. The van der Waals surface area contributed by atoms with Gasteiger partial charge in [-0.15, -0.1) is 0 Å². The largest absolute Gasteiger partial charge is 0.331 e. The molecule has 1 atom stereocenters. The van der Waals surface area contributed by atoms with Crippen LogP contribution in [0.15, 0.2) is 6.33 Å². The highest BCUT2D eigenvalue weighted by atomic mass is 15.1. The Hall–Kier alpha value is -0.830. The third-order valence-corrected chi connectivity index (χ3v) is 3.50. The summed E-state index contributed by atoms with van der Waals surface area (Å²) in [7, 11) is 0. The van der Waals surface area contributed by atoms with Gasteiger partial charge in [0.15, 0.2) is 0 Å². The number of hydrogen-bond donors (Lipinski definition) is 1. The summed E-state index contributed by atoms with van der Waals surface area (Å²) in [4.78, 5) is 4.57. The Morgan fingerprint density at radius 1 is 1.43 bits per heavy atom. The maximum Gasteiger partial charge on any atom is 0.0954 e. The standard InChI is InChI=1S/C11H17N3/c12-6-5-8-1-4-10-11(8)13-7-14(10)9-2-3-9/h7-9H,1-6,12H2. The molecular formula is C11H17N3. The van der Waals surface area contributed by atoms with Crippen LogP contribution >= 0.6 is 0 Å². The van der Waals surface area contributed by atoms with Crippen molar-refractivity contribution < 1.29 is 0 Å². The van der Waals surface area contributed by atoms with E-state index in [-0.39, 0.29) is 0 Å². The molecule has 3 nitrogen and oxygen atoms in total. The Morgan fingerprint density at radius 2 is 2.29 bits per heavy atom. The van der Waals surface area contributed by atoms with Crippen molar-refractivity contribution >= 4 is 0 Å². The lowest BCUT2D eigenvalue weighted by atomic mass is 10.0. The summed E-state index contributed by atoms with van der Waals surface area (Å²) in [6, 6.07) is 0.780. The maximum absolute atomic E-state index is 5.61. The monoisotopic (exact) mass is 191 g/mol. The fraction of sp³-hybridized carbons (Fsp3) is 0.727. The van der Waals surface area contributed by atoms with Crippen molar-refractivity contribution in [2.45, 2.75) is 44.1 Å². The second-order valence-corrected chi connectivity index (χ2v) is 4.53. The molecule has 1 fully saturated rings. The van der Waals surface area contributed by atoms with Crippen LogP contribution in [0.3, 0.4) is 0 Å². The molecule has 2 aliphatic carbocycles. The molecule has 2 N–H and O–H groups in total. The van der Waals surface area contributed by atoms with Crippen molar-refractivity contribution in [3.63, 3.8) is 0 Å². The predicted molar refractivity (Wildman–Crippen MR) is 55.2 cm³/mol. The number of nitrogens with zero attached hydrogens (tertiary/aromatic N) is 2. The Kier molecular flexibility index (Phi) is 1.87. The zero-order valence-electron chi connectivity index (χ0n) is 8.45. The molecule has 0 spiro atoms. The summed E-state index contributed by atoms with van der Waals surface area (Å²) in [5.41, 5.74) is 8.46. The fourth-order valence-electron chi connectivity index (χ4n) is 2.60. The summed E-state index contributed by atoms with van der Waals surface area (Å²) >= 11 is 0. The molecule has 3 rings (SSSR count). The molecule has 1 aromatic heterocycles. The highest BCUT2D eigenvalue weighted by molar-refractivity contribution is 5.25. The van der Waals surface area contributed by atoms with Crippen LogP contribution in [0.2, 0.25) is 0 Å². The van der Waals surface area contributed by atoms with Gasteiger partial charge in [-0.3, -0.25) is 0 Å². The van der Waals surface area contributed by atoms with E-state index in [0.717, 1.165) is 19.0 Å². The molecule has 76 valence electrons. The lowest BCUT2D eigenvalue weighted by Crippen LogP contribution is -2.05. The van der Waals surface area contributed by atoms with Crippen LogP contribution in [0, 0.1) is 0 Å². The second-order valence-electron chi connectivity index (χ2n) is 4.53. The Balaban J connectivity index is 1.89. The minimum atomic E-state index is 0.648. The number of hydrogen-bond acceptors (Lipinski definition) is 2. The van der Waals surface area contributed by atoms with E-state index in [2.05, 4.69) is 9.55 Å². The van der Waals surface area contributed by atoms with Crippen molar-refractivity contribution in [1.82, 2.24) is 9.55 Å². The lowest BCUT2D eigenvalue weighted by molar-refractivity contribution is 0.606. The highest BCUT2D eigenvalue weighted by Gasteiger charge is 2.32. The van der Waals surface area contributed by atoms with E-state index < -0.39 is 0 Å². The summed E-state index contributed by atoms with van der Waals surface area (Å²) < 4.78 is 2.41. The maximum atomic E-state index is 5.61. The summed E-state index contributed by atoms with van der Waals surface area (Å²) in [5, 5.41) is 0. The quantitative estimate of drug-likeness (QED) is 0.788. The van der Waals surface area contributed by atoms with E-state index in [1.807, 2.05) is 6.33 Å². The molecule has 0 amide bonds. The number of imidazole rings is 1. The molecule has 1 heterocycles. The minimum absolute atomic E-state index is 0.648. The Labute approximate surface area is 84.3 Å². The van der Waals surface area contributed by atoms with Crippen molar-refractivity contribution in [2.75, 3.05) is 6.54 Å². The number of fused-ring (bicyclic) bond motifs is 1. The minimum Gasteiger partial charge on any atom is -0.331 e. The molecule has 0 aliphatic heterocycles. The van der Waals surface area contributed by atoms with Crippen molar-refractivity contribution in [2.24, 2.45) is 5.73 Å². The van der Waals surface area contributed by atoms with Crippen molar-refractivity contribution in [1.29, 1.82) is 0 Å².